The molecule has 0 radical (unpaired) electrons. The minimum Gasteiger partial charge on any atom is -0.394 e. The van der Waals surface area contributed by atoms with Crippen LogP contribution >= 0.6 is 0 Å². The molecule has 5 rings (SSSR count). The number of aliphatic hydroxyl groups excluding tert-OH is 1. The molecule has 1 saturated heterocycles. The van der Waals surface area contributed by atoms with Gasteiger partial charge >= 0.3 is 0 Å². The first kappa shape index (κ1) is 15.1. The van der Waals surface area contributed by atoms with Crippen LogP contribution in [0, 0.1) is 0 Å². The fourth-order valence-corrected chi connectivity index (χ4v) is 4.45. The molecule has 126 valence electrons. The molecular weight excluding hydrogens is 308 g/mol. The van der Waals surface area contributed by atoms with E-state index in [1.165, 1.54) is 37.9 Å². The Hall–Kier alpha value is -2.20. The van der Waals surface area contributed by atoms with Gasteiger partial charge in [0, 0.05) is 26.2 Å². The van der Waals surface area contributed by atoms with Gasteiger partial charge in [-0.05, 0) is 37.9 Å². The maximum Gasteiger partial charge on any atom is 0.0628 e. The highest BCUT2D eigenvalue weighted by atomic mass is 16.3. The first-order valence-electron chi connectivity index (χ1n) is 9.09. The number of benzene rings is 4. The molecule has 2 N–H and O–H groups in total. The van der Waals surface area contributed by atoms with E-state index in [9.17, 15) is 5.11 Å². The lowest BCUT2D eigenvalue weighted by Gasteiger charge is -2.35. The Bertz CT molecular complexity index is 1020. The van der Waals surface area contributed by atoms with Crippen LogP contribution in [0.3, 0.4) is 0 Å². The van der Waals surface area contributed by atoms with Gasteiger partial charge in [0.1, 0.15) is 0 Å². The number of rotatable bonds is 3. The lowest BCUT2D eigenvalue weighted by atomic mass is 9.89. The van der Waals surface area contributed by atoms with Crippen LogP contribution in [-0.4, -0.2) is 42.8 Å². The summed E-state index contributed by atoms with van der Waals surface area (Å²) in [7, 11) is 0. The van der Waals surface area contributed by atoms with Gasteiger partial charge in [0.2, 0.25) is 0 Å². The number of hydrogen-bond acceptors (Lipinski definition) is 3. The maximum absolute atomic E-state index is 10.2. The zero-order valence-electron chi connectivity index (χ0n) is 14.2. The van der Waals surface area contributed by atoms with E-state index in [4.69, 9.17) is 0 Å². The van der Waals surface area contributed by atoms with E-state index >= 15 is 0 Å². The molecule has 0 aromatic heterocycles. The molecule has 1 aliphatic rings. The third-order valence-electron chi connectivity index (χ3n) is 5.69. The van der Waals surface area contributed by atoms with Crippen LogP contribution in [0.15, 0.2) is 54.6 Å². The first-order valence-corrected chi connectivity index (χ1v) is 9.09. The quantitative estimate of drug-likeness (QED) is 0.564. The van der Waals surface area contributed by atoms with Gasteiger partial charge in [0.15, 0.2) is 0 Å². The second-order valence-corrected chi connectivity index (χ2v) is 7.00. The third-order valence-corrected chi connectivity index (χ3v) is 5.69. The first-order chi connectivity index (χ1) is 12.4. The molecule has 4 aromatic rings. The summed E-state index contributed by atoms with van der Waals surface area (Å²) >= 11 is 0. The van der Waals surface area contributed by atoms with Crippen LogP contribution in [0.4, 0.5) is 0 Å². The number of nitrogens with one attached hydrogen (secondary N) is 1. The van der Waals surface area contributed by atoms with Crippen molar-refractivity contribution in [1.29, 1.82) is 0 Å². The summed E-state index contributed by atoms with van der Waals surface area (Å²) in [6, 6.07) is 19.9. The van der Waals surface area contributed by atoms with Crippen molar-refractivity contribution in [2.75, 3.05) is 32.8 Å². The summed E-state index contributed by atoms with van der Waals surface area (Å²) in [5.74, 6) is 0. The van der Waals surface area contributed by atoms with Crippen LogP contribution in [0.25, 0.3) is 32.3 Å². The fraction of sp³-hybridized carbons (Fsp3) is 0.273. The number of piperazine rings is 1. The van der Waals surface area contributed by atoms with Crippen LogP contribution in [-0.2, 0) is 0 Å². The van der Waals surface area contributed by atoms with Crippen molar-refractivity contribution in [1.82, 2.24) is 10.2 Å². The second kappa shape index (κ2) is 5.95. The number of nitrogens with zero attached hydrogens (tertiary/aromatic N) is 1. The molecule has 0 spiro atoms. The van der Waals surface area contributed by atoms with Gasteiger partial charge in [-0.1, -0.05) is 54.6 Å². The summed E-state index contributed by atoms with van der Waals surface area (Å²) in [5.41, 5.74) is 1.25. The molecule has 0 bridgehead atoms. The van der Waals surface area contributed by atoms with Crippen molar-refractivity contribution in [3.63, 3.8) is 0 Å². The molecular formula is C22H22N2O. The molecule has 0 amide bonds. The number of aliphatic hydroxyl groups is 1. The minimum atomic E-state index is 0.0617. The Morgan fingerprint density at radius 1 is 0.840 bits per heavy atom. The summed E-state index contributed by atoms with van der Waals surface area (Å²) < 4.78 is 0. The van der Waals surface area contributed by atoms with Gasteiger partial charge in [-0.2, -0.15) is 0 Å². The smallest absolute Gasteiger partial charge is 0.0628 e. The van der Waals surface area contributed by atoms with Crippen LogP contribution in [0.5, 0.6) is 0 Å². The molecule has 4 aromatic carbocycles. The van der Waals surface area contributed by atoms with Crippen molar-refractivity contribution in [3.8, 4) is 0 Å². The Morgan fingerprint density at radius 3 is 2.20 bits per heavy atom. The van der Waals surface area contributed by atoms with E-state index in [1.807, 2.05) is 0 Å². The largest absolute Gasteiger partial charge is 0.394 e. The Kier molecular flexibility index (Phi) is 3.59. The van der Waals surface area contributed by atoms with Crippen molar-refractivity contribution >= 4 is 32.3 Å². The molecule has 1 fully saturated rings. The average Bonchev–Trinajstić information content (AvgIpc) is 2.68. The molecule has 25 heavy (non-hydrogen) atoms. The summed E-state index contributed by atoms with van der Waals surface area (Å²) in [6.45, 7) is 4.09. The van der Waals surface area contributed by atoms with Crippen LogP contribution in [0.1, 0.15) is 11.6 Å². The van der Waals surface area contributed by atoms with Gasteiger partial charge in [-0.3, -0.25) is 4.90 Å². The molecule has 0 aliphatic carbocycles. The predicted octanol–water partition coefficient (Wildman–Crippen LogP) is 3.52. The zero-order valence-corrected chi connectivity index (χ0v) is 14.2. The van der Waals surface area contributed by atoms with E-state index in [-0.39, 0.29) is 12.6 Å². The van der Waals surface area contributed by atoms with Gasteiger partial charge in [0.05, 0.1) is 12.6 Å². The van der Waals surface area contributed by atoms with E-state index in [0.717, 1.165) is 26.2 Å². The van der Waals surface area contributed by atoms with E-state index in [0.29, 0.717) is 0 Å². The summed E-state index contributed by atoms with van der Waals surface area (Å²) in [4.78, 5) is 2.41. The van der Waals surface area contributed by atoms with E-state index in [2.05, 4.69) is 64.8 Å². The lowest BCUT2D eigenvalue weighted by molar-refractivity contribution is 0.111. The molecule has 3 nitrogen and oxygen atoms in total. The number of hydrogen-bond donors (Lipinski definition) is 2. The van der Waals surface area contributed by atoms with Crippen molar-refractivity contribution < 1.29 is 5.11 Å². The SMILES string of the molecule is OC[C@H](c1ccc2ccc3cccc4ccc1c2c34)N1CCNCC1. The summed E-state index contributed by atoms with van der Waals surface area (Å²) in [5, 5.41) is 21.4. The van der Waals surface area contributed by atoms with Gasteiger partial charge in [-0.15, -0.1) is 0 Å². The normalized spacial score (nSPS) is 17.6. The topological polar surface area (TPSA) is 35.5 Å². The predicted molar refractivity (Wildman–Crippen MR) is 104 cm³/mol. The molecule has 1 atom stereocenters. The van der Waals surface area contributed by atoms with Crippen LogP contribution < -0.4 is 5.32 Å². The molecule has 0 unspecified atom stereocenters. The summed E-state index contributed by atoms with van der Waals surface area (Å²) in [6.07, 6.45) is 0. The highest BCUT2D eigenvalue weighted by Gasteiger charge is 2.24. The molecule has 0 saturated carbocycles. The van der Waals surface area contributed by atoms with Crippen molar-refractivity contribution in [2.45, 2.75) is 6.04 Å². The monoisotopic (exact) mass is 330 g/mol. The highest BCUT2D eigenvalue weighted by molar-refractivity contribution is 6.23. The minimum absolute atomic E-state index is 0.0617. The zero-order chi connectivity index (χ0) is 16.8. The van der Waals surface area contributed by atoms with Gasteiger partial charge < -0.3 is 10.4 Å². The molecule has 1 aliphatic heterocycles. The van der Waals surface area contributed by atoms with Crippen molar-refractivity contribution in [3.05, 3.63) is 60.2 Å². The van der Waals surface area contributed by atoms with E-state index < -0.39 is 0 Å². The Balaban J connectivity index is 1.78. The third kappa shape index (κ3) is 2.31. The van der Waals surface area contributed by atoms with Crippen molar-refractivity contribution in [2.24, 2.45) is 0 Å². The highest BCUT2D eigenvalue weighted by Crippen LogP contribution is 2.38. The lowest BCUT2D eigenvalue weighted by Crippen LogP contribution is -2.46. The van der Waals surface area contributed by atoms with Gasteiger partial charge in [-0.25, -0.2) is 0 Å². The van der Waals surface area contributed by atoms with Crippen LogP contribution in [0.2, 0.25) is 0 Å². The Morgan fingerprint density at radius 2 is 1.48 bits per heavy atom. The average molecular weight is 330 g/mol. The maximum atomic E-state index is 10.2. The second-order valence-electron chi connectivity index (χ2n) is 7.00. The van der Waals surface area contributed by atoms with Gasteiger partial charge in [0.25, 0.3) is 0 Å². The molecule has 1 heterocycles. The standard InChI is InChI=1S/C22H22N2O/c25-14-20(24-12-10-23-11-13-24)18-8-6-17-5-4-15-2-1-3-16-7-9-19(18)22(17)21(15)16/h1-9,20,23,25H,10-14H2/t20-/m1/s1. The van der Waals surface area contributed by atoms with E-state index in [1.54, 1.807) is 0 Å². The fourth-order valence-electron chi connectivity index (χ4n) is 4.45. The molecule has 3 heteroatoms. The Labute approximate surface area is 147 Å².